The predicted octanol–water partition coefficient (Wildman–Crippen LogP) is 4.16. The Bertz CT molecular complexity index is 679. The molecule has 3 aromatic rings. The molecule has 102 valence electrons. The first kappa shape index (κ1) is 13.1. The fourth-order valence-corrected chi connectivity index (χ4v) is 2.90. The van der Waals surface area contributed by atoms with Gasteiger partial charge in [-0.3, -0.25) is 0 Å². The molecule has 6 heteroatoms. The van der Waals surface area contributed by atoms with Crippen LogP contribution in [0.1, 0.15) is 17.8 Å². The van der Waals surface area contributed by atoms with Crippen LogP contribution in [0.15, 0.2) is 48.4 Å². The Morgan fingerprint density at radius 1 is 1.35 bits per heavy atom. The summed E-state index contributed by atoms with van der Waals surface area (Å²) in [5, 5.41) is 10.4. The van der Waals surface area contributed by atoms with Crippen LogP contribution in [0.2, 0.25) is 5.02 Å². The van der Waals surface area contributed by atoms with Crippen molar-refractivity contribution in [2.45, 2.75) is 13.0 Å². The number of halogens is 1. The number of rotatable bonds is 4. The van der Waals surface area contributed by atoms with E-state index in [4.69, 9.17) is 11.6 Å². The van der Waals surface area contributed by atoms with E-state index in [1.54, 1.807) is 22.3 Å². The summed E-state index contributed by atoms with van der Waals surface area (Å²) < 4.78 is 1.72. The van der Waals surface area contributed by atoms with Crippen LogP contribution >= 0.6 is 22.9 Å². The fourth-order valence-electron chi connectivity index (χ4n) is 2.00. The monoisotopic (exact) mass is 304 g/mol. The maximum absolute atomic E-state index is 6.10. The highest BCUT2D eigenvalue weighted by atomic mass is 35.5. The molecule has 1 atom stereocenters. The number of anilines is 1. The summed E-state index contributed by atoms with van der Waals surface area (Å²) in [7, 11) is 0. The zero-order valence-corrected chi connectivity index (χ0v) is 12.4. The first-order valence-electron chi connectivity index (χ1n) is 6.18. The summed E-state index contributed by atoms with van der Waals surface area (Å²) >= 11 is 7.83. The van der Waals surface area contributed by atoms with Gasteiger partial charge < -0.3 is 5.32 Å². The lowest BCUT2D eigenvalue weighted by atomic mass is 10.2. The average molecular weight is 305 g/mol. The number of benzene rings is 1. The molecule has 1 aromatic carbocycles. The molecule has 20 heavy (non-hydrogen) atoms. The molecule has 0 bridgehead atoms. The Kier molecular flexibility index (Phi) is 3.71. The molecule has 2 aromatic heterocycles. The Labute approximate surface area is 126 Å². The summed E-state index contributed by atoms with van der Waals surface area (Å²) in [5.41, 5.74) is 1.86. The van der Waals surface area contributed by atoms with Crippen molar-refractivity contribution in [1.29, 1.82) is 0 Å². The van der Waals surface area contributed by atoms with Crippen LogP contribution in [0.25, 0.3) is 5.69 Å². The van der Waals surface area contributed by atoms with Crippen molar-refractivity contribution in [3.8, 4) is 5.69 Å². The van der Waals surface area contributed by atoms with Gasteiger partial charge in [-0.15, -0.1) is 11.3 Å². The maximum Gasteiger partial charge on any atom is 0.138 e. The zero-order chi connectivity index (χ0) is 13.9. The number of thiophene rings is 1. The molecule has 1 unspecified atom stereocenters. The van der Waals surface area contributed by atoms with Gasteiger partial charge in [0.25, 0.3) is 0 Å². The van der Waals surface area contributed by atoms with Gasteiger partial charge in [0.05, 0.1) is 17.4 Å². The van der Waals surface area contributed by atoms with E-state index in [0.717, 1.165) is 11.4 Å². The Morgan fingerprint density at radius 3 is 2.95 bits per heavy atom. The second-order valence-corrected chi connectivity index (χ2v) is 5.80. The second-order valence-electron chi connectivity index (χ2n) is 4.38. The van der Waals surface area contributed by atoms with Crippen LogP contribution in [0.3, 0.4) is 0 Å². The largest absolute Gasteiger partial charge is 0.376 e. The Hall–Kier alpha value is -1.85. The van der Waals surface area contributed by atoms with Gasteiger partial charge in [-0.25, -0.2) is 9.67 Å². The quantitative estimate of drug-likeness (QED) is 0.787. The number of nitrogens with zero attached hydrogens (tertiary/aromatic N) is 3. The third-order valence-corrected chi connectivity index (χ3v) is 4.26. The van der Waals surface area contributed by atoms with Gasteiger partial charge in [0.1, 0.15) is 12.7 Å². The van der Waals surface area contributed by atoms with Crippen molar-refractivity contribution in [3.05, 3.63) is 58.3 Å². The summed E-state index contributed by atoms with van der Waals surface area (Å²) in [6.07, 6.45) is 3.19. The summed E-state index contributed by atoms with van der Waals surface area (Å²) in [4.78, 5) is 5.26. The molecule has 0 saturated carbocycles. The highest BCUT2D eigenvalue weighted by Crippen LogP contribution is 2.29. The van der Waals surface area contributed by atoms with Crippen LogP contribution in [0, 0.1) is 0 Å². The van der Waals surface area contributed by atoms with Gasteiger partial charge in [-0.05, 0) is 36.6 Å². The van der Waals surface area contributed by atoms with Gasteiger partial charge in [0, 0.05) is 9.90 Å². The van der Waals surface area contributed by atoms with Crippen LogP contribution < -0.4 is 5.32 Å². The zero-order valence-electron chi connectivity index (χ0n) is 10.8. The number of nitrogens with one attached hydrogen (secondary N) is 1. The normalized spacial score (nSPS) is 12.3. The molecule has 4 nitrogen and oxygen atoms in total. The van der Waals surface area contributed by atoms with E-state index in [0.29, 0.717) is 5.02 Å². The Balaban J connectivity index is 1.94. The minimum absolute atomic E-state index is 0.204. The van der Waals surface area contributed by atoms with Crippen molar-refractivity contribution in [2.24, 2.45) is 0 Å². The van der Waals surface area contributed by atoms with E-state index in [2.05, 4.69) is 39.8 Å². The Morgan fingerprint density at radius 2 is 2.25 bits per heavy atom. The summed E-state index contributed by atoms with van der Waals surface area (Å²) in [6, 6.07) is 10.1. The van der Waals surface area contributed by atoms with Crippen molar-refractivity contribution in [1.82, 2.24) is 14.8 Å². The minimum atomic E-state index is 0.204. The van der Waals surface area contributed by atoms with Gasteiger partial charge in [0.2, 0.25) is 0 Å². The third-order valence-electron chi connectivity index (χ3n) is 2.97. The highest BCUT2D eigenvalue weighted by molar-refractivity contribution is 7.10. The molecular formula is C14H13ClN4S. The molecule has 0 aliphatic rings. The molecule has 0 amide bonds. The lowest BCUT2D eigenvalue weighted by Gasteiger charge is -2.17. The van der Waals surface area contributed by atoms with Crippen molar-refractivity contribution >= 4 is 28.6 Å². The topological polar surface area (TPSA) is 42.7 Å². The van der Waals surface area contributed by atoms with Crippen LogP contribution in [0.4, 0.5) is 5.69 Å². The molecule has 2 heterocycles. The van der Waals surface area contributed by atoms with Crippen LogP contribution in [-0.2, 0) is 0 Å². The van der Waals surface area contributed by atoms with Crippen molar-refractivity contribution < 1.29 is 0 Å². The van der Waals surface area contributed by atoms with E-state index in [1.165, 1.54) is 11.2 Å². The molecule has 0 spiro atoms. The molecule has 0 aliphatic carbocycles. The molecular weight excluding hydrogens is 292 g/mol. The third kappa shape index (κ3) is 2.69. The number of aromatic nitrogens is 3. The maximum atomic E-state index is 6.10. The van der Waals surface area contributed by atoms with Gasteiger partial charge >= 0.3 is 0 Å². The van der Waals surface area contributed by atoms with Crippen molar-refractivity contribution in [2.75, 3.05) is 5.32 Å². The first-order chi connectivity index (χ1) is 9.74. The van der Waals surface area contributed by atoms with E-state index in [9.17, 15) is 0 Å². The van der Waals surface area contributed by atoms with Gasteiger partial charge in [-0.2, -0.15) is 5.10 Å². The second kappa shape index (κ2) is 5.64. The first-order valence-corrected chi connectivity index (χ1v) is 7.44. The minimum Gasteiger partial charge on any atom is -0.376 e. The molecule has 0 radical (unpaired) electrons. The molecule has 0 aliphatic heterocycles. The molecule has 3 rings (SSSR count). The molecule has 1 N–H and O–H groups in total. The molecule has 0 fully saturated rings. The predicted molar refractivity (Wildman–Crippen MR) is 82.7 cm³/mol. The lowest BCUT2D eigenvalue weighted by Crippen LogP contribution is -2.08. The summed E-state index contributed by atoms with van der Waals surface area (Å²) in [5.74, 6) is 0. The number of hydrogen-bond acceptors (Lipinski definition) is 4. The van der Waals surface area contributed by atoms with Crippen molar-refractivity contribution in [3.63, 3.8) is 0 Å². The van der Waals surface area contributed by atoms with E-state index < -0.39 is 0 Å². The van der Waals surface area contributed by atoms with Crippen LogP contribution in [-0.4, -0.2) is 14.8 Å². The van der Waals surface area contributed by atoms with Crippen LogP contribution in [0.5, 0.6) is 0 Å². The van der Waals surface area contributed by atoms with E-state index >= 15 is 0 Å². The van der Waals surface area contributed by atoms with Gasteiger partial charge in [0.15, 0.2) is 0 Å². The lowest BCUT2D eigenvalue weighted by molar-refractivity contribution is 0.860. The molecule has 0 saturated heterocycles. The number of hydrogen-bond donors (Lipinski definition) is 1. The highest BCUT2D eigenvalue weighted by Gasteiger charge is 2.11. The summed E-state index contributed by atoms with van der Waals surface area (Å²) in [6.45, 7) is 2.12. The van der Waals surface area contributed by atoms with Gasteiger partial charge in [-0.1, -0.05) is 17.7 Å². The average Bonchev–Trinajstić information content (AvgIpc) is 3.12. The fraction of sp³-hybridized carbons (Fsp3) is 0.143. The smallest absolute Gasteiger partial charge is 0.138 e. The van der Waals surface area contributed by atoms with E-state index in [1.807, 2.05) is 18.2 Å². The SMILES string of the molecule is CC(Nc1cc(Cl)ccc1-n1cncn1)c1cccs1. The van der Waals surface area contributed by atoms with E-state index in [-0.39, 0.29) is 6.04 Å². The standard InChI is InChI=1S/C14H13ClN4S/c1-10(14-3-2-6-20-14)18-12-7-11(15)4-5-13(12)19-9-16-8-17-19/h2-10,18H,1H3.